The van der Waals surface area contributed by atoms with E-state index in [2.05, 4.69) is 6.07 Å². The predicted octanol–water partition coefficient (Wildman–Crippen LogP) is 1.86. The lowest BCUT2D eigenvalue weighted by molar-refractivity contribution is -0.0203. The van der Waals surface area contributed by atoms with Gasteiger partial charge in [-0.3, -0.25) is 0 Å². The van der Waals surface area contributed by atoms with Gasteiger partial charge in [0.05, 0.1) is 32.5 Å². The van der Waals surface area contributed by atoms with Crippen molar-refractivity contribution < 1.29 is 23.7 Å². The van der Waals surface area contributed by atoms with Crippen molar-refractivity contribution in [3.05, 3.63) is 29.3 Å². The Kier molecular flexibility index (Phi) is 5.36. The van der Waals surface area contributed by atoms with Crippen LogP contribution in [-0.2, 0) is 14.2 Å². The Morgan fingerprint density at radius 1 is 1.45 bits per heavy atom. The number of rotatable bonds is 6. The molecule has 0 amide bonds. The van der Waals surface area contributed by atoms with Gasteiger partial charge in [0.25, 0.3) is 0 Å². The minimum atomic E-state index is -0.839. The fourth-order valence-electron chi connectivity index (χ4n) is 2.24. The number of ether oxygens (including phenoxy) is 4. The number of aryl methyl sites for hydroxylation is 1. The summed E-state index contributed by atoms with van der Waals surface area (Å²) >= 11 is 0. The molecule has 118 valence electrons. The normalized spacial score (nSPS) is 20.4. The van der Waals surface area contributed by atoms with Gasteiger partial charge in [-0.15, -0.1) is 0 Å². The van der Waals surface area contributed by atoms with Crippen LogP contribution < -0.4 is 4.74 Å². The van der Waals surface area contributed by atoms with E-state index in [4.69, 9.17) is 24.2 Å². The van der Waals surface area contributed by atoms with Crippen molar-refractivity contribution in [2.75, 3.05) is 33.5 Å². The number of benzene rings is 1. The smallest absolute Gasteiger partial charge is 0.338 e. The quantitative estimate of drug-likeness (QED) is 0.589. The average Bonchev–Trinajstić information content (AvgIpc) is 3.00. The van der Waals surface area contributed by atoms with Crippen LogP contribution in [0.1, 0.15) is 22.3 Å². The van der Waals surface area contributed by atoms with Crippen LogP contribution >= 0.6 is 0 Å². The minimum Gasteiger partial charge on any atom is -0.491 e. The highest BCUT2D eigenvalue weighted by molar-refractivity contribution is 5.91. The standard InChI is InChI=1S/C16H19NO5/c1-12-9-13(3-4-14(12)15(18)19-2)21-7-8-22-16(10-17)5-6-20-11-16/h3-4,9H,5-8,11H2,1-2H3. The Hall–Kier alpha value is -2.10. The third-order valence-electron chi connectivity index (χ3n) is 3.52. The van der Waals surface area contributed by atoms with Crippen LogP contribution in [-0.4, -0.2) is 45.1 Å². The Morgan fingerprint density at radius 3 is 2.86 bits per heavy atom. The largest absolute Gasteiger partial charge is 0.491 e. The van der Waals surface area contributed by atoms with Gasteiger partial charge in [0, 0.05) is 6.42 Å². The van der Waals surface area contributed by atoms with E-state index in [9.17, 15) is 4.79 Å². The van der Waals surface area contributed by atoms with Gasteiger partial charge in [0.15, 0.2) is 5.60 Å². The van der Waals surface area contributed by atoms with Gasteiger partial charge in [0.1, 0.15) is 18.4 Å². The van der Waals surface area contributed by atoms with Crippen LogP contribution in [0.3, 0.4) is 0 Å². The van der Waals surface area contributed by atoms with Crippen LogP contribution in [0.4, 0.5) is 0 Å². The van der Waals surface area contributed by atoms with Crippen LogP contribution in [0, 0.1) is 18.3 Å². The zero-order valence-corrected chi connectivity index (χ0v) is 12.8. The summed E-state index contributed by atoms with van der Waals surface area (Å²) in [5, 5.41) is 9.14. The molecule has 0 aromatic heterocycles. The number of esters is 1. The molecule has 1 fully saturated rings. The number of carbonyl (C=O) groups is 1. The van der Waals surface area contributed by atoms with Gasteiger partial charge in [-0.25, -0.2) is 4.79 Å². The fraction of sp³-hybridized carbons (Fsp3) is 0.500. The van der Waals surface area contributed by atoms with Crippen molar-refractivity contribution in [1.82, 2.24) is 0 Å². The second-order valence-corrected chi connectivity index (χ2v) is 5.07. The van der Waals surface area contributed by atoms with Crippen molar-refractivity contribution in [3.63, 3.8) is 0 Å². The second kappa shape index (κ2) is 7.25. The van der Waals surface area contributed by atoms with E-state index in [0.717, 1.165) is 5.56 Å². The van der Waals surface area contributed by atoms with E-state index >= 15 is 0 Å². The first-order valence-electron chi connectivity index (χ1n) is 7.05. The molecule has 1 heterocycles. The molecule has 1 unspecified atom stereocenters. The highest BCUT2D eigenvalue weighted by Gasteiger charge is 2.36. The van der Waals surface area contributed by atoms with E-state index < -0.39 is 5.60 Å². The summed E-state index contributed by atoms with van der Waals surface area (Å²) in [6.07, 6.45) is 0.580. The zero-order chi connectivity index (χ0) is 16.0. The summed E-state index contributed by atoms with van der Waals surface area (Å²) in [6.45, 7) is 3.28. The molecule has 0 bridgehead atoms. The molecule has 1 aromatic carbocycles. The van der Waals surface area contributed by atoms with Crippen molar-refractivity contribution in [2.24, 2.45) is 0 Å². The molecule has 0 N–H and O–H groups in total. The molecule has 6 nitrogen and oxygen atoms in total. The Bertz CT molecular complexity index is 572. The number of nitrogens with zero attached hydrogens (tertiary/aromatic N) is 1. The molecule has 0 aliphatic carbocycles. The summed E-state index contributed by atoms with van der Waals surface area (Å²) < 4.78 is 21.1. The maximum absolute atomic E-state index is 11.5. The molecule has 0 radical (unpaired) electrons. The summed E-state index contributed by atoms with van der Waals surface area (Å²) in [5.74, 6) is 0.270. The molecular formula is C16H19NO5. The maximum Gasteiger partial charge on any atom is 0.338 e. The van der Waals surface area contributed by atoms with E-state index in [1.54, 1.807) is 18.2 Å². The summed E-state index contributed by atoms with van der Waals surface area (Å²) in [5.41, 5.74) is 0.453. The molecule has 6 heteroatoms. The molecular weight excluding hydrogens is 286 g/mol. The molecule has 22 heavy (non-hydrogen) atoms. The van der Waals surface area contributed by atoms with Gasteiger partial charge in [-0.1, -0.05) is 0 Å². The number of methoxy groups -OCH3 is 1. The highest BCUT2D eigenvalue weighted by atomic mass is 16.6. The molecule has 0 saturated carbocycles. The topological polar surface area (TPSA) is 77.8 Å². The van der Waals surface area contributed by atoms with E-state index in [1.807, 2.05) is 6.92 Å². The lowest BCUT2D eigenvalue weighted by Crippen LogP contribution is -2.32. The van der Waals surface area contributed by atoms with Crippen molar-refractivity contribution in [3.8, 4) is 11.8 Å². The van der Waals surface area contributed by atoms with Gasteiger partial charge >= 0.3 is 5.97 Å². The number of hydrogen-bond acceptors (Lipinski definition) is 6. The number of hydrogen-bond donors (Lipinski definition) is 0. The first-order chi connectivity index (χ1) is 10.6. The first kappa shape index (κ1) is 16.3. The second-order valence-electron chi connectivity index (χ2n) is 5.07. The van der Waals surface area contributed by atoms with Gasteiger partial charge in [-0.2, -0.15) is 5.26 Å². The lowest BCUT2D eigenvalue weighted by Gasteiger charge is -2.19. The molecule has 1 aliphatic heterocycles. The molecule has 1 saturated heterocycles. The Morgan fingerprint density at radius 2 is 2.27 bits per heavy atom. The molecule has 1 aliphatic rings. The first-order valence-corrected chi connectivity index (χ1v) is 7.05. The minimum absolute atomic E-state index is 0.300. The van der Waals surface area contributed by atoms with E-state index in [-0.39, 0.29) is 5.97 Å². The lowest BCUT2D eigenvalue weighted by atomic mass is 10.1. The Balaban J connectivity index is 1.84. The van der Waals surface area contributed by atoms with Crippen molar-refractivity contribution >= 4 is 5.97 Å². The SMILES string of the molecule is COC(=O)c1ccc(OCCOC2(C#N)CCOC2)cc1C. The van der Waals surface area contributed by atoms with Gasteiger partial charge < -0.3 is 18.9 Å². The zero-order valence-electron chi connectivity index (χ0n) is 12.8. The summed E-state index contributed by atoms with van der Waals surface area (Å²) in [7, 11) is 1.35. The highest BCUT2D eigenvalue weighted by Crippen LogP contribution is 2.22. The third-order valence-corrected chi connectivity index (χ3v) is 3.52. The van der Waals surface area contributed by atoms with Crippen LogP contribution in [0.25, 0.3) is 0 Å². The van der Waals surface area contributed by atoms with E-state index in [1.165, 1.54) is 7.11 Å². The maximum atomic E-state index is 11.5. The monoisotopic (exact) mass is 305 g/mol. The van der Waals surface area contributed by atoms with Crippen LogP contribution in [0.2, 0.25) is 0 Å². The average molecular weight is 305 g/mol. The van der Waals surface area contributed by atoms with Gasteiger partial charge in [0.2, 0.25) is 0 Å². The van der Waals surface area contributed by atoms with E-state index in [0.29, 0.717) is 44.2 Å². The van der Waals surface area contributed by atoms with Crippen molar-refractivity contribution in [2.45, 2.75) is 18.9 Å². The fourth-order valence-corrected chi connectivity index (χ4v) is 2.24. The van der Waals surface area contributed by atoms with Crippen molar-refractivity contribution in [1.29, 1.82) is 5.26 Å². The molecule has 2 rings (SSSR count). The van der Waals surface area contributed by atoms with Crippen LogP contribution in [0.5, 0.6) is 5.75 Å². The number of nitriles is 1. The van der Waals surface area contributed by atoms with Gasteiger partial charge in [-0.05, 0) is 30.7 Å². The summed E-state index contributed by atoms with van der Waals surface area (Å²) in [6, 6.07) is 7.30. The summed E-state index contributed by atoms with van der Waals surface area (Å²) in [4.78, 5) is 11.5. The van der Waals surface area contributed by atoms with Crippen LogP contribution in [0.15, 0.2) is 18.2 Å². The molecule has 1 aromatic rings. The molecule has 0 spiro atoms. The third kappa shape index (κ3) is 3.75. The number of carbonyl (C=O) groups excluding carboxylic acids is 1. The molecule has 1 atom stereocenters. The Labute approximate surface area is 129 Å². The predicted molar refractivity (Wildman–Crippen MR) is 77.7 cm³/mol.